The number of nitrogens with zero attached hydrogens (tertiary/aromatic N) is 2. The van der Waals surface area contributed by atoms with Crippen LogP contribution in [0.25, 0.3) is 11.0 Å². The van der Waals surface area contributed by atoms with E-state index in [9.17, 15) is 4.79 Å². The molecule has 1 amide bonds. The van der Waals surface area contributed by atoms with Crippen LogP contribution in [0.2, 0.25) is 0 Å². The Hall–Kier alpha value is -3.41. The summed E-state index contributed by atoms with van der Waals surface area (Å²) < 4.78 is 5.97. The van der Waals surface area contributed by atoms with Gasteiger partial charge in [-0.3, -0.25) is 4.79 Å². The molecule has 6 heteroatoms. The van der Waals surface area contributed by atoms with Gasteiger partial charge in [0.1, 0.15) is 17.4 Å². The minimum absolute atomic E-state index is 0.275. The normalized spacial score (nSPS) is 12.2. The number of amides is 1. The summed E-state index contributed by atoms with van der Waals surface area (Å²) in [7, 11) is 0. The molecule has 0 radical (unpaired) electrons. The number of aryl methyl sites for hydroxylation is 1. The number of carbonyl (C=O) groups excluding carboxylic acids is 1. The average molecular weight is 332 g/mol. The highest BCUT2D eigenvalue weighted by Gasteiger charge is 2.23. The minimum Gasteiger partial charge on any atom is -0.459 e. The highest BCUT2D eigenvalue weighted by Crippen LogP contribution is 2.28. The molecule has 0 aliphatic heterocycles. The highest BCUT2D eigenvalue weighted by atomic mass is 16.3. The van der Waals surface area contributed by atoms with E-state index in [1.807, 2.05) is 60.7 Å². The Kier molecular flexibility index (Phi) is 3.78. The topological polar surface area (TPSA) is 83.8 Å². The molecule has 2 aromatic carbocycles. The maximum absolute atomic E-state index is 12.6. The Balaban J connectivity index is 1.74. The second kappa shape index (κ2) is 6.24. The van der Waals surface area contributed by atoms with Crippen LogP contribution in [-0.4, -0.2) is 21.3 Å². The number of nitrogens with one attached hydrogen (secondary N) is 2. The molecule has 0 spiro atoms. The average Bonchev–Trinajstić information content (AvgIpc) is 3.26. The van der Waals surface area contributed by atoms with Crippen molar-refractivity contribution in [3.05, 3.63) is 83.4 Å². The maximum Gasteiger partial charge on any atom is 0.274 e. The largest absolute Gasteiger partial charge is 0.459 e. The predicted octanol–water partition coefficient (Wildman–Crippen LogP) is 3.38. The quantitative estimate of drug-likeness (QED) is 0.600. The number of hydrogen-bond acceptors (Lipinski definition) is 4. The summed E-state index contributed by atoms with van der Waals surface area (Å²) in [6.07, 6.45) is 0. The molecule has 6 nitrogen and oxygen atoms in total. The van der Waals surface area contributed by atoms with Crippen LogP contribution in [0.15, 0.2) is 65.1 Å². The van der Waals surface area contributed by atoms with Crippen molar-refractivity contribution in [3.8, 4) is 0 Å². The van der Waals surface area contributed by atoms with Gasteiger partial charge < -0.3 is 9.73 Å². The Morgan fingerprint density at radius 1 is 1.08 bits per heavy atom. The lowest BCUT2D eigenvalue weighted by Gasteiger charge is -2.16. The van der Waals surface area contributed by atoms with E-state index in [4.69, 9.17) is 4.42 Å². The second-order valence-corrected chi connectivity index (χ2v) is 5.76. The Morgan fingerprint density at radius 2 is 1.84 bits per heavy atom. The van der Waals surface area contributed by atoms with Gasteiger partial charge in [-0.25, -0.2) is 0 Å². The van der Waals surface area contributed by atoms with Gasteiger partial charge in [0.2, 0.25) is 0 Å². The fraction of sp³-hybridized carbons (Fsp3) is 0.105. The van der Waals surface area contributed by atoms with Crippen LogP contribution >= 0.6 is 0 Å². The van der Waals surface area contributed by atoms with E-state index in [1.54, 1.807) is 6.92 Å². The number of para-hydroxylation sites is 1. The first-order valence-electron chi connectivity index (χ1n) is 7.94. The van der Waals surface area contributed by atoms with Crippen LogP contribution in [0.4, 0.5) is 0 Å². The first-order valence-corrected chi connectivity index (χ1v) is 7.94. The van der Waals surface area contributed by atoms with Crippen LogP contribution in [0.1, 0.15) is 33.5 Å². The van der Waals surface area contributed by atoms with Crippen LogP contribution in [-0.2, 0) is 0 Å². The lowest BCUT2D eigenvalue weighted by molar-refractivity contribution is 0.0933. The predicted molar refractivity (Wildman–Crippen MR) is 93.1 cm³/mol. The van der Waals surface area contributed by atoms with Gasteiger partial charge in [0.15, 0.2) is 5.69 Å². The molecule has 0 aliphatic rings. The van der Waals surface area contributed by atoms with E-state index in [0.29, 0.717) is 11.5 Å². The molecule has 25 heavy (non-hydrogen) atoms. The van der Waals surface area contributed by atoms with Crippen molar-refractivity contribution < 1.29 is 9.21 Å². The number of H-pyrrole nitrogens is 1. The molecule has 2 N–H and O–H groups in total. The monoisotopic (exact) mass is 332 g/mol. The van der Waals surface area contributed by atoms with Crippen molar-refractivity contribution in [1.82, 2.24) is 20.7 Å². The van der Waals surface area contributed by atoms with Gasteiger partial charge in [0.05, 0.1) is 5.69 Å². The van der Waals surface area contributed by atoms with Crippen molar-refractivity contribution in [2.45, 2.75) is 13.0 Å². The zero-order valence-electron chi connectivity index (χ0n) is 13.6. The van der Waals surface area contributed by atoms with Gasteiger partial charge in [0.25, 0.3) is 5.91 Å². The Morgan fingerprint density at radius 3 is 2.56 bits per heavy atom. The van der Waals surface area contributed by atoms with Gasteiger partial charge in [-0.15, -0.1) is 0 Å². The van der Waals surface area contributed by atoms with Crippen molar-refractivity contribution >= 4 is 16.9 Å². The van der Waals surface area contributed by atoms with E-state index in [-0.39, 0.29) is 11.6 Å². The summed E-state index contributed by atoms with van der Waals surface area (Å²) in [5, 5.41) is 14.3. The minimum atomic E-state index is -0.419. The fourth-order valence-electron chi connectivity index (χ4n) is 2.81. The van der Waals surface area contributed by atoms with E-state index in [1.165, 1.54) is 0 Å². The molecular formula is C19H16N4O2. The molecule has 2 aromatic heterocycles. The summed E-state index contributed by atoms with van der Waals surface area (Å²) in [4.78, 5) is 12.6. The summed E-state index contributed by atoms with van der Waals surface area (Å²) >= 11 is 0. The maximum atomic E-state index is 12.6. The molecule has 4 rings (SSSR count). The van der Waals surface area contributed by atoms with Gasteiger partial charge in [0, 0.05) is 5.39 Å². The molecule has 1 unspecified atom stereocenters. The molecule has 0 fully saturated rings. The molecule has 1 atom stereocenters. The Labute approximate surface area is 143 Å². The molecule has 124 valence electrons. The number of aromatic nitrogens is 3. The summed E-state index contributed by atoms with van der Waals surface area (Å²) in [6.45, 7) is 1.73. The molecule has 2 heterocycles. The number of hydrogen-bond donors (Lipinski definition) is 2. The SMILES string of the molecule is Cc1n[nH]nc1C(=O)NC(c1ccccc1)c1cc2ccccc2o1. The standard InChI is InChI=1S/C19H16N4O2/c1-12-17(22-23-21-12)19(24)20-18(13-7-3-2-4-8-13)16-11-14-9-5-6-10-15(14)25-16/h2-11,18H,1H3,(H,20,24)(H,21,22,23). The van der Waals surface area contributed by atoms with Crippen molar-refractivity contribution in [3.63, 3.8) is 0 Å². The fourth-order valence-corrected chi connectivity index (χ4v) is 2.81. The van der Waals surface area contributed by atoms with Crippen LogP contribution in [0.3, 0.4) is 0 Å². The molecule has 0 bridgehead atoms. The highest BCUT2D eigenvalue weighted by molar-refractivity contribution is 5.93. The molecule has 0 aliphatic carbocycles. The van der Waals surface area contributed by atoms with Crippen molar-refractivity contribution in [1.29, 1.82) is 0 Å². The number of carbonyl (C=O) groups is 1. The number of rotatable bonds is 4. The third kappa shape index (κ3) is 2.89. The van der Waals surface area contributed by atoms with Gasteiger partial charge in [-0.1, -0.05) is 48.5 Å². The Bertz CT molecular complexity index is 987. The van der Waals surface area contributed by atoms with Crippen LogP contribution in [0, 0.1) is 6.92 Å². The zero-order valence-corrected chi connectivity index (χ0v) is 13.6. The smallest absolute Gasteiger partial charge is 0.274 e. The van der Waals surface area contributed by atoms with Gasteiger partial charge in [-0.2, -0.15) is 15.4 Å². The number of fused-ring (bicyclic) bond motifs is 1. The number of aromatic amines is 1. The number of furan rings is 1. The third-order valence-electron chi connectivity index (χ3n) is 4.07. The summed E-state index contributed by atoms with van der Waals surface area (Å²) in [6, 6.07) is 19.0. The van der Waals surface area contributed by atoms with Crippen molar-refractivity contribution in [2.24, 2.45) is 0 Å². The lowest BCUT2D eigenvalue weighted by Crippen LogP contribution is -2.29. The third-order valence-corrected chi connectivity index (χ3v) is 4.07. The second-order valence-electron chi connectivity index (χ2n) is 5.76. The summed E-state index contributed by atoms with van der Waals surface area (Å²) in [5.41, 5.74) is 2.53. The zero-order chi connectivity index (χ0) is 17.2. The molecule has 4 aromatic rings. The van der Waals surface area contributed by atoms with Gasteiger partial charge in [-0.05, 0) is 24.6 Å². The molecule has 0 saturated carbocycles. The van der Waals surface area contributed by atoms with Crippen LogP contribution < -0.4 is 5.32 Å². The first kappa shape index (κ1) is 15.1. The number of benzene rings is 2. The van der Waals surface area contributed by atoms with Crippen LogP contribution in [0.5, 0.6) is 0 Å². The van der Waals surface area contributed by atoms with E-state index < -0.39 is 6.04 Å². The van der Waals surface area contributed by atoms with E-state index in [0.717, 1.165) is 16.5 Å². The van der Waals surface area contributed by atoms with Crippen molar-refractivity contribution in [2.75, 3.05) is 0 Å². The van der Waals surface area contributed by atoms with Gasteiger partial charge >= 0.3 is 0 Å². The van der Waals surface area contributed by atoms with E-state index in [2.05, 4.69) is 20.7 Å². The first-order chi connectivity index (χ1) is 12.2. The molecule has 0 saturated heterocycles. The molecular weight excluding hydrogens is 316 g/mol. The van der Waals surface area contributed by atoms with E-state index >= 15 is 0 Å². The lowest BCUT2D eigenvalue weighted by atomic mass is 10.0. The summed E-state index contributed by atoms with van der Waals surface area (Å²) in [5.74, 6) is 0.363.